The first kappa shape index (κ1) is 13.2. The van der Waals surface area contributed by atoms with E-state index in [1.165, 1.54) is 6.08 Å². The van der Waals surface area contributed by atoms with E-state index in [1.807, 2.05) is 0 Å². The molecule has 0 saturated carbocycles. The zero-order valence-corrected chi connectivity index (χ0v) is 9.08. The van der Waals surface area contributed by atoms with Crippen molar-refractivity contribution in [1.29, 1.82) is 0 Å². The second kappa shape index (κ2) is 6.60. The van der Waals surface area contributed by atoms with Crippen molar-refractivity contribution >= 4 is 5.97 Å². The number of ether oxygens (including phenoxy) is 1. The number of carboxylic acid groups (broad SMARTS) is 1. The van der Waals surface area contributed by atoms with Gasteiger partial charge in [-0.1, -0.05) is 19.4 Å². The Morgan fingerprint density at radius 1 is 1.57 bits per heavy atom. The Morgan fingerprint density at radius 2 is 2.21 bits per heavy atom. The van der Waals surface area contributed by atoms with E-state index < -0.39 is 11.4 Å². The zero-order valence-electron chi connectivity index (χ0n) is 9.08. The van der Waals surface area contributed by atoms with E-state index in [0.29, 0.717) is 19.6 Å². The minimum Gasteiger partial charge on any atom is -0.481 e. The lowest BCUT2D eigenvalue weighted by Crippen LogP contribution is -2.26. The molecular weight excluding hydrogens is 180 g/mol. The van der Waals surface area contributed by atoms with Crippen LogP contribution < -0.4 is 0 Å². The molecule has 0 aliphatic rings. The summed E-state index contributed by atoms with van der Waals surface area (Å²) in [6, 6.07) is 0. The van der Waals surface area contributed by atoms with Gasteiger partial charge in [-0.25, -0.2) is 0 Å². The van der Waals surface area contributed by atoms with Crippen LogP contribution in [0.3, 0.4) is 0 Å². The lowest BCUT2D eigenvalue weighted by Gasteiger charge is -2.19. The van der Waals surface area contributed by atoms with Crippen LogP contribution in [-0.2, 0) is 9.53 Å². The molecule has 1 unspecified atom stereocenters. The van der Waals surface area contributed by atoms with Crippen molar-refractivity contribution in [2.75, 3.05) is 13.2 Å². The summed E-state index contributed by atoms with van der Waals surface area (Å²) < 4.78 is 5.31. The van der Waals surface area contributed by atoms with Gasteiger partial charge in [-0.3, -0.25) is 4.79 Å². The average molecular weight is 200 g/mol. The van der Waals surface area contributed by atoms with E-state index >= 15 is 0 Å². The molecular formula is C11H20O3. The smallest absolute Gasteiger partial charge is 0.313 e. The maximum atomic E-state index is 10.8. The van der Waals surface area contributed by atoms with Crippen molar-refractivity contribution in [3.63, 3.8) is 0 Å². The number of hydrogen-bond acceptors (Lipinski definition) is 2. The number of unbranched alkanes of at least 4 members (excludes halogenated alkanes) is 1. The molecule has 0 saturated heterocycles. The SMILES string of the molecule is C=CC(C)(CCOCCCC)C(=O)O. The highest BCUT2D eigenvalue weighted by Gasteiger charge is 2.28. The molecule has 0 aliphatic carbocycles. The minimum absolute atomic E-state index is 0.481. The first-order valence-corrected chi connectivity index (χ1v) is 5.01. The van der Waals surface area contributed by atoms with Crippen molar-refractivity contribution in [3.8, 4) is 0 Å². The van der Waals surface area contributed by atoms with E-state index in [2.05, 4.69) is 13.5 Å². The van der Waals surface area contributed by atoms with Gasteiger partial charge in [0.15, 0.2) is 0 Å². The second-order valence-electron chi connectivity index (χ2n) is 3.64. The summed E-state index contributed by atoms with van der Waals surface area (Å²) >= 11 is 0. The van der Waals surface area contributed by atoms with E-state index in [9.17, 15) is 4.79 Å². The van der Waals surface area contributed by atoms with Crippen LogP contribution in [0.15, 0.2) is 12.7 Å². The van der Waals surface area contributed by atoms with Crippen LogP contribution >= 0.6 is 0 Å². The maximum Gasteiger partial charge on any atom is 0.313 e. The number of aliphatic carboxylic acids is 1. The fourth-order valence-corrected chi connectivity index (χ4v) is 0.929. The van der Waals surface area contributed by atoms with Crippen LogP contribution in [0, 0.1) is 5.41 Å². The number of hydrogen-bond donors (Lipinski definition) is 1. The molecule has 0 heterocycles. The fourth-order valence-electron chi connectivity index (χ4n) is 0.929. The summed E-state index contributed by atoms with van der Waals surface area (Å²) in [5.74, 6) is -0.841. The molecule has 0 radical (unpaired) electrons. The van der Waals surface area contributed by atoms with Crippen molar-refractivity contribution in [2.24, 2.45) is 5.41 Å². The molecule has 0 rings (SSSR count). The van der Waals surface area contributed by atoms with E-state index in [-0.39, 0.29) is 0 Å². The van der Waals surface area contributed by atoms with Crippen LogP contribution in [0.1, 0.15) is 33.1 Å². The van der Waals surface area contributed by atoms with Crippen molar-refractivity contribution in [3.05, 3.63) is 12.7 Å². The lowest BCUT2D eigenvalue weighted by atomic mass is 9.88. The number of carboxylic acids is 1. The normalized spacial score (nSPS) is 14.7. The third kappa shape index (κ3) is 4.42. The summed E-state index contributed by atoms with van der Waals surface area (Å²) in [6.07, 6.45) is 4.07. The Labute approximate surface area is 85.8 Å². The second-order valence-corrected chi connectivity index (χ2v) is 3.64. The monoisotopic (exact) mass is 200 g/mol. The van der Waals surface area contributed by atoms with Crippen molar-refractivity contribution in [1.82, 2.24) is 0 Å². The van der Waals surface area contributed by atoms with Gasteiger partial charge < -0.3 is 9.84 Å². The summed E-state index contributed by atoms with van der Waals surface area (Å²) in [5, 5.41) is 8.91. The molecule has 0 aromatic carbocycles. The molecule has 0 spiro atoms. The highest BCUT2D eigenvalue weighted by atomic mass is 16.5. The van der Waals surface area contributed by atoms with Crippen LogP contribution in [0.2, 0.25) is 0 Å². The summed E-state index contributed by atoms with van der Waals surface area (Å²) in [7, 11) is 0. The van der Waals surface area contributed by atoms with Gasteiger partial charge in [0.05, 0.1) is 5.41 Å². The standard InChI is InChI=1S/C11H20O3/c1-4-6-8-14-9-7-11(3,5-2)10(12)13/h5H,2,4,6-9H2,1,3H3,(H,12,13). The van der Waals surface area contributed by atoms with Gasteiger partial charge >= 0.3 is 5.97 Å². The zero-order chi connectivity index (χ0) is 11.0. The maximum absolute atomic E-state index is 10.8. The lowest BCUT2D eigenvalue weighted by molar-refractivity contribution is -0.146. The molecule has 1 N–H and O–H groups in total. The van der Waals surface area contributed by atoms with Crippen LogP contribution in [0.5, 0.6) is 0 Å². The van der Waals surface area contributed by atoms with Crippen molar-refractivity contribution in [2.45, 2.75) is 33.1 Å². The summed E-state index contributed by atoms with van der Waals surface area (Å²) in [4.78, 5) is 10.8. The highest BCUT2D eigenvalue weighted by Crippen LogP contribution is 2.22. The molecule has 3 nitrogen and oxygen atoms in total. The van der Waals surface area contributed by atoms with E-state index in [4.69, 9.17) is 9.84 Å². The number of carbonyl (C=O) groups is 1. The minimum atomic E-state index is -0.855. The first-order valence-electron chi connectivity index (χ1n) is 5.01. The predicted octanol–water partition coefficient (Wildman–Crippen LogP) is 2.47. The molecule has 0 aromatic heterocycles. The van der Waals surface area contributed by atoms with Gasteiger partial charge in [0.2, 0.25) is 0 Å². The van der Waals surface area contributed by atoms with Gasteiger partial charge in [0.25, 0.3) is 0 Å². The predicted molar refractivity (Wildman–Crippen MR) is 56.3 cm³/mol. The molecule has 0 aliphatic heterocycles. The highest BCUT2D eigenvalue weighted by molar-refractivity contribution is 5.76. The summed E-state index contributed by atoms with van der Waals surface area (Å²) in [5.41, 5.74) is -0.855. The number of rotatable bonds is 8. The largest absolute Gasteiger partial charge is 0.481 e. The summed E-state index contributed by atoms with van der Waals surface area (Å²) in [6.45, 7) is 8.48. The topological polar surface area (TPSA) is 46.5 Å². The van der Waals surface area contributed by atoms with E-state index in [1.54, 1.807) is 6.92 Å². The van der Waals surface area contributed by atoms with Gasteiger partial charge in [0, 0.05) is 13.2 Å². The van der Waals surface area contributed by atoms with Crippen LogP contribution in [0.4, 0.5) is 0 Å². The molecule has 3 heteroatoms. The Kier molecular flexibility index (Phi) is 6.21. The fraction of sp³-hybridized carbons (Fsp3) is 0.727. The Bertz CT molecular complexity index is 189. The molecule has 0 fully saturated rings. The van der Waals surface area contributed by atoms with Crippen LogP contribution in [-0.4, -0.2) is 24.3 Å². The van der Waals surface area contributed by atoms with Crippen LogP contribution in [0.25, 0.3) is 0 Å². The third-order valence-electron chi connectivity index (χ3n) is 2.35. The molecule has 0 bridgehead atoms. The van der Waals surface area contributed by atoms with Gasteiger partial charge in [-0.15, -0.1) is 6.58 Å². The third-order valence-corrected chi connectivity index (χ3v) is 2.35. The Balaban J connectivity index is 3.74. The first-order chi connectivity index (χ1) is 6.56. The molecule has 14 heavy (non-hydrogen) atoms. The average Bonchev–Trinajstić information content (AvgIpc) is 2.17. The Hall–Kier alpha value is -0.830. The molecule has 1 atom stereocenters. The van der Waals surface area contributed by atoms with Gasteiger partial charge in [-0.2, -0.15) is 0 Å². The molecule has 0 aromatic rings. The Morgan fingerprint density at radius 3 is 2.64 bits per heavy atom. The molecule has 0 amide bonds. The quantitative estimate of drug-likeness (QED) is 0.483. The van der Waals surface area contributed by atoms with Crippen molar-refractivity contribution < 1.29 is 14.6 Å². The van der Waals surface area contributed by atoms with Gasteiger partial charge in [-0.05, 0) is 19.8 Å². The molecule has 82 valence electrons. The van der Waals surface area contributed by atoms with E-state index in [0.717, 1.165) is 12.8 Å². The van der Waals surface area contributed by atoms with Gasteiger partial charge in [0.1, 0.15) is 0 Å².